The van der Waals surface area contributed by atoms with Crippen molar-refractivity contribution in [3.8, 4) is 0 Å². The third-order valence-electron chi connectivity index (χ3n) is 3.47. The first kappa shape index (κ1) is 18.4. The van der Waals surface area contributed by atoms with E-state index < -0.39 is 24.4 Å². The van der Waals surface area contributed by atoms with Crippen LogP contribution in [0.5, 0.6) is 0 Å². The summed E-state index contributed by atoms with van der Waals surface area (Å²) in [5.74, 6) is -1.87. The Labute approximate surface area is 126 Å². The highest BCUT2D eigenvalue weighted by Crippen LogP contribution is 2.25. The number of carbonyl (C=O) groups excluding carboxylic acids is 1. The van der Waals surface area contributed by atoms with E-state index in [0.29, 0.717) is 16.7 Å². The number of hydrogen-bond donors (Lipinski definition) is 2. The second-order valence-corrected chi connectivity index (χ2v) is 5.43. The van der Waals surface area contributed by atoms with Gasteiger partial charge in [-0.1, -0.05) is 12.1 Å². The van der Waals surface area contributed by atoms with Crippen molar-refractivity contribution in [2.45, 2.75) is 45.7 Å². The van der Waals surface area contributed by atoms with Crippen molar-refractivity contribution in [2.24, 2.45) is 5.92 Å². The SMILES string of the molecule is Cc1cc(CC(CCCC(F)(F)F)C(=O)NO)cc(C)c1F. The molecule has 0 heterocycles. The number of halogens is 4. The number of amides is 1. The van der Waals surface area contributed by atoms with Gasteiger partial charge >= 0.3 is 6.18 Å². The van der Waals surface area contributed by atoms with Crippen LogP contribution in [0.25, 0.3) is 0 Å². The minimum atomic E-state index is -4.27. The first-order valence-corrected chi connectivity index (χ1v) is 6.90. The molecular weight excluding hydrogens is 302 g/mol. The van der Waals surface area contributed by atoms with Crippen LogP contribution in [0.3, 0.4) is 0 Å². The summed E-state index contributed by atoms with van der Waals surface area (Å²) >= 11 is 0. The third-order valence-corrected chi connectivity index (χ3v) is 3.47. The number of hydrogen-bond acceptors (Lipinski definition) is 2. The maximum Gasteiger partial charge on any atom is 0.389 e. The van der Waals surface area contributed by atoms with Gasteiger partial charge in [0.2, 0.25) is 5.91 Å². The minimum Gasteiger partial charge on any atom is -0.289 e. The molecule has 0 aliphatic carbocycles. The normalized spacial score (nSPS) is 13.0. The van der Waals surface area contributed by atoms with Crippen molar-refractivity contribution in [3.05, 3.63) is 34.6 Å². The summed E-state index contributed by atoms with van der Waals surface area (Å²) in [5, 5.41) is 8.71. The van der Waals surface area contributed by atoms with E-state index in [2.05, 4.69) is 0 Å². The van der Waals surface area contributed by atoms with Crippen molar-refractivity contribution in [1.82, 2.24) is 5.48 Å². The predicted molar refractivity (Wildman–Crippen MR) is 72.9 cm³/mol. The van der Waals surface area contributed by atoms with Crippen LogP contribution in [0.2, 0.25) is 0 Å². The third kappa shape index (κ3) is 5.63. The highest BCUT2D eigenvalue weighted by Gasteiger charge is 2.28. The summed E-state index contributed by atoms with van der Waals surface area (Å²) in [6.07, 6.45) is -5.33. The number of nitrogens with one attached hydrogen (secondary N) is 1. The molecule has 0 spiro atoms. The predicted octanol–water partition coefficient (Wildman–Crippen LogP) is 3.84. The van der Waals surface area contributed by atoms with Crippen LogP contribution in [-0.4, -0.2) is 17.3 Å². The largest absolute Gasteiger partial charge is 0.389 e. The molecule has 0 aliphatic heterocycles. The van der Waals surface area contributed by atoms with E-state index in [9.17, 15) is 22.4 Å². The zero-order valence-corrected chi connectivity index (χ0v) is 12.4. The number of hydroxylamine groups is 1. The van der Waals surface area contributed by atoms with Gasteiger partial charge in [-0.15, -0.1) is 0 Å². The van der Waals surface area contributed by atoms with E-state index in [0.717, 1.165) is 0 Å². The van der Waals surface area contributed by atoms with Crippen molar-refractivity contribution in [3.63, 3.8) is 0 Å². The minimum absolute atomic E-state index is 0.0125. The molecule has 22 heavy (non-hydrogen) atoms. The Morgan fingerprint density at radius 2 is 1.82 bits per heavy atom. The molecule has 0 fully saturated rings. The van der Waals surface area contributed by atoms with Gasteiger partial charge in [-0.2, -0.15) is 13.2 Å². The van der Waals surface area contributed by atoms with E-state index in [4.69, 9.17) is 5.21 Å². The number of rotatable bonds is 6. The quantitative estimate of drug-likeness (QED) is 0.475. The molecule has 0 aromatic heterocycles. The second-order valence-electron chi connectivity index (χ2n) is 5.43. The van der Waals surface area contributed by atoms with Crippen molar-refractivity contribution in [2.75, 3.05) is 0 Å². The number of benzene rings is 1. The number of aryl methyl sites for hydroxylation is 2. The smallest absolute Gasteiger partial charge is 0.289 e. The van der Waals surface area contributed by atoms with Gasteiger partial charge in [-0.05, 0) is 49.8 Å². The fourth-order valence-corrected chi connectivity index (χ4v) is 2.40. The zero-order chi connectivity index (χ0) is 16.9. The standard InChI is InChI=1S/C15H19F4NO2/c1-9-6-11(7-10(2)13(9)16)8-12(14(21)20-22)4-3-5-15(17,18)19/h6-7,12,22H,3-5,8H2,1-2H3,(H,20,21). The Morgan fingerprint density at radius 3 is 2.27 bits per heavy atom. The first-order chi connectivity index (χ1) is 10.1. The van der Waals surface area contributed by atoms with Gasteiger partial charge < -0.3 is 0 Å². The average Bonchev–Trinajstić information content (AvgIpc) is 2.41. The van der Waals surface area contributed by atoms with Crippen LogP contribution in [0.1, 0.15) is 36.0 Å². The van der Waals surface area contributed by atoms with Crippen LogP contribution < -0.4 is 5.48 Å². The summed E-state index contributed by atoms with van der Waals surface area (Å²) in [4.78, 5) is 11.6. The number of alkyl halides is 3. The lowest BCUT2D eigenvalue weighted by atomic mass is 9.91. The molecule has 2 N–H and O–H groups in total. The van der Waals surface area contributed by atoms with E-state index in [1.807, 2.05) is 0 Å². The molecule has 1 aromatic carbocycles. The highest BCUT2D eigenvalue weighted by atomic mass is 19.4. The van der Waals surface area contributed by atoms with Crippen molar-refractivity contribution < 1.29 is 27.6 Å². The Balaban J connectivity index is 2.79. The zero-order valence-electron chi connectivity index (χ0n) is 12.4. The van der Waals surface area contributed by atoms with Crippen LogP contribution in [0.15, 0.2) is 12.1 Å². The molecule has 0 aliphatic rings. The molecule has 0 saturated carbocycles. The lowest BCUT2D eigenvalue weighted by Crippen LogP contribution is -2.29. The van der Waals surface area contributed by atoms with E-state index in [1.165, 1.54) is 5.48 Å². The molecule has 1 unspecified atom stereocenters. The second kappa shape index (κ2) is 7.58. The lowest BCUT2D eigenvalue weighted by molar-refractivity contribution is -0.140. The van der Waals surface area contributed by atoms with Crippen LogP contribution >= 0.6 is 0 Å². The topological polar surface area (TPSA) is 49.3 Å². The summed E-state index contributed by atoms with van der Waals surface area (Å²) in [7, 11) is 0. The maximum absolute atomic E-state index is 13.6. The molecule has 0 radical (unpaired) electrons. The van der Waals surface area contributed by atoms with Crippen LogP contribution in [0, 0.1) is 25.6 Å². The van der Waals surface area contributed by atoms with E-state index in [1.54, 1.807) is 26.0 Å². The monoisotopic (exact) mass is 321 g/mol. The first-order valence-electron chi connectivity index (χ1n) is 6.90. The van der Waals surface area contributed by atoms with Gasteiger partial charge in [0, 0.05) is 12.3 Å². The Hall–Kier alpha value is -1.63. The number of carbonyl (C=O) groups is 1. The molecule has 0 bridgehead atoms. The van der Waals surface area contributed by atoms with Crippen LogP contribution in [-0.2, 0) is 11.2 Å². The van der Waals surface area contributed by atoms with Crippen LogP contribution in [0.4, 0.5) is 17.6 Å². The average molecular weight is 321 g/mol. The van der Waals surface area contributed by atoms with Crippen molar-refractivity contribution in [1.29, 1.82) is 0 Å². The van der Waals surface area contributed by atoms with Gasteiger partial charge in [-0.25, -0.2) is 9.87 Å². The van der Waals surface area contributed by atoms with Crippen molar-refractivity contribution >= 4 is 5.91 Å². The summed E-state index contributed by atoms with van der Waals surface area (Å²) in [6, 6.07) is 3.12. The Bertz CT molecular complexity index is 506. The summed E-state index contributed by atoms with van der Waals surface area (Å²) in [6.45, 7) is 3.16. The molecule has 124 valence electrons. The highest BCUT2D eigenvalue weighted by molar-refractivity contribution is 5.77. The fourth-order valence-electron chi connectivity index (χ4n) is 2.40. The van der Waals surface area contributed by atoms with Gasteiger partial charge in [-0.3, -0.25) is 10.0 Å². The lowest BCUT2D eigenvalue weighted by Gasteiger charge is -2.16. The fraction of sp³-hybridized carbons (Fsp3) is 0.533. The molecule has 1 aromatic rings. The molecular formula is C15H19F4NO2. The van der Waals surface area contributed by atoms with Gasteiger partial charge in [0.25, 0.3) is 0 Å². The molecule has 3 nitrogen and oxygen atoms in total. The maximum atomic E-state index is 13.6. The van der Waals surface area contributed by atoms with Gasteiger partial charge in [0.1, 0.15) is 5.82 Å². The van der Waals surface area contributed by atoms with E-state index in [-0.39, 0.29) is 25.1 Å². The van der Waals surface area contributed by atoms with E-state index >= 15 is 0 Å². The van der Waals surface area contributed by atoms with Gasteiger partial charge in [0.05, 0.1) is 0 Å². The molecule has 1 atom stereocenters. The van der Waals surface area contributed by atoms with Gasteiger partial charge in [0.15, 0.2) is 0 Å². The molecule has 1 amide bonds. The molecule has 7 heteroatoms. The Kier molecular flexibility index (Phi) is 6.34. The molecule has 1 rings (SSSR count). The summed E-state index contributed by atoms with van der Waals surface area (Å²) in [5.41, 5.74) is 2.95. The summed E-state index contributed by atoms with van der Waals surface area (Å²) < 4.78 is 50.1. The Morgan fingerprint density at radius 1 is 1.27 bits per heavy atom. The molecule has 0 saturated heterocycles.